The molecule has 0 aliphatic rings. The van der Waals surface area contributed by atoms with E-state index in [9.17, 15) is 4.79 Å². The van der Waals surface area contributed by atoms with Crippen LogP contribution in [0.3, 0.4) is 0 Å². The summed E-state index contributed by atoms with van der Waals surface area (Å²) in [5.41, 5.74) is 4.25. The van der Waals surface area contributed by atoms with Gasteiger partial charge in [0.2, 0.25) is 5.82 Å². The third-order valence-corrected chi connectivity index (χ3v) is 5.63. The maximum atomic E-state index is 12.7. The van der Waals surface area contributed by atoms with Crippen LogP contribution in [0.15, 0.2) is 85.1 Å². The Balaban J connectivity index is 1.48. The Kier molecular flexibility index (Phi) is 5.13. The highest BCUT2D eigenvalue weighted by molar-refractivity contribution is 14.1. The smallest absolute Gasteiger partial charge is 0.256 e. The van der Waals surface area contributed by atoms with Crippen molar-refractivity contribution >= 4 is 39.8 Å². The van der Waals surface area contributed by atoms with Crippen LogP contribution in [-0.4, -0.2) is 30.7 Å². The largest absolute Gasteiger partial charge is 0.322 e. The molecule has 8 heteroatoms. The number of hydrogen-bond acceptors (Lipinski definition) is 5. The van der Waals surface area contributed by atoms with Crippen LogP contribution in [0.4, 0.5) is 5.69 Å². The van der Waals surface area contributed by atoms with Crippen LogP contribution in [0.1, 0.15) is 10.4 Å². The molecule has 0 radical (unpaired) electrons. The van der Waals surface area contributed by atoms with Crippen molar-refractivity contribution in [2.24, 2.45) is 0 Å². The second-order valence-electron chi connectivity index (χ2n) is 6.74. The van der Waals surface area contributed by atoms with Gasteiger partial charge in [-0.3, -0.25) is 9.78 Å². The second-order valence-corrected chi connectivity index (χ2v) is 7.90. The molecule has 1 amide bonds. The lowest BCUT2D eigenvalue weighted by Gasteiger charge is -2.09. The van der Waals surface area contributed by atoms with Crippen molar-refractivity contribution in [2.75, 3.05) is 5.32 Å². The van der Waals surface area contributed by atoms with E-state index in [1.54, 1.807) is 10.7 Å². The first-order chi connectivity index (χ1) is 15.2. The van der Waals surface area contributed by atoms with Crippen molar-refractivity contribution in [3.05, 3.63) is 94.2 Å². The minimum absolute atomic E-state index is 0.151. The van der Waals surface area contributed by atoms with Gasteiger partial charge in [0.1, 0.15) is 5.69 Å². The fourth-order valence-electron chi connectivity index (χ4n) is 3.20. The molecule has 1 N–H and O–H groups in total. The number of rotatable bonds is 4. The topological polar surface area (TPSA) is 85.1 Å². The fraction of sp³-hybridized carbons (Fsp3) is 0. The van der Waals surface area contributed by atoms with Crippen LogP contribution in [-0.2, 0) is 0 Å². The highest BCUT2D eigenvalue weighted by Crippen LogP contribution is 2.23. The zero-order valence-electron chi connectivity index (χ0n) is 16.1. The van der Waals surface area contributed by atoms with Crippen LogP contribution in [0.5, 0.6) is 0 Å². The normalized spacial score (nSPS) is 10.9. The number of hydrogen-bond donors (Lipinski definition) is 1. The summed E-state index contributed by atoms with van der Waals surface area (Å²) in [4.78, 5) is 17.0. The molecule has 7 nitrogen and oxygen atoms in total. The molecular weight excluding hydrogens is 503 g/mol. The Bertz CT molecular complexity index is 1400. The average molecular weight is 518 g/mol. The number of nitrogens with zero attached hydrogens (tertiary/aromatic N) is 5. The Labute approximate surface area is 191 Å². The van der Waals surface area contributed by atoms with Crippen LogP contribution in [0.2, 0.25) is 0 Å². The van der Waals surface area contributed by atoms with Gasteiger partial charge in [-0.2, -0.15) is 9.61 Å². The first-order valence-electron chi connectivity index (χ1n) is 9.49. The lowest BCUT2D eigenvalue weighted by atomic mass is 10.1. The average Bonchev–Trinajstić information content (AvgIpc) is 3.23. The van der Waals surface area contributed by atoms with Crippen LogP contribution >= 0.6 is 22.6 Å². The summed E-state index contributed by atoms with van der Waals surface area (Å²) in [6.45, 7) is 0. The molecule has 0 atom stereocenters. The minimum Gasteiger partial charge on any atom is -0.322 e. The number of anilines is 1. The van der Waals surface area contributed by atoms with Crippen molar-refractivity contribution in [1.29, 1.82) is 0 Å². The third kappa shape index (κ3) is 3.89. The van der Waals surface area contributed by atoms with Crippen molar-refractivity contribution in [1.82, 2.24) is 24.8 Å². The molecule has 0 aliphatic heterocycles. The Morgan fingerprint density at radius 3 is 2.58 bits per heavy atom. The van der Waals surface area contributed by atoms with E-state index < -0.39 is 0 Å². The molecule has 0 unspecified atom stereocenters. The summed E-state index contributed by atoms with van der Waals surface area (Å²) in [5.74, 6) is 0.419. The predicted molar refractivity (Wildman–Crippen MR) is 127 cm³/mol. The molecule has 150 valence electrons. The molecule has 3 aromatic heterocycles. The molecule has 2 aromatic carbocycles. The van der Waals surface area contributed by atoms with Gasteiger partial charge in [-0.15, -0.1) is 10.2 Å². The van der Waals surface area contributed by atoms with E-state index in [-0.39, 0.29) is 5.91 Å². The van der Waals surface area contributed by atoms with Crippen molar-refractivity contribution in [2.45, 2.75) is 0 Å². The van der Waals surface area contributed by atoms with E-state index in [1.165, 1.54) is 0 Å². The standard InChI is InChI=1S/C23H15IN6O/c24-18-9-2-1-8-17(18)23(31)26-16-7-5-6-15(14-16)19-11-12-21-27-28-22(30(21)29-19)20-10-3-4-13-25-20/h1-14H,(H,26,31). The van der Waals surface area contributed by atoms with Gasteiger partial charge >= 0.3 is 0 Å². The minimum atomic E-state index is -0.151. The lowest BCUT2D eigenvalue weighted by Crippen LogP contribution is -2.13. The van der Waals surface area contributed by atoms with Gasteiger partial charge in [-0.1, -0.05) is 30.3 Å². The number of amides is 1. The molecule has 0 spiro atoms. The summed E-state index contributed by atoms with van der Waals surface area (Å²) < 4.78 is 2.57. The fourth-order valence-corrected chi connectivity index (χ4v) is 3.83. The lowest BCUT2D eigenvalue weighted by molar-refractivity contribution is 0.102. The molecule has 0 saturated heterocycles. The molecule has 0 aliphatic carbocycles. The maximum absolute atomic E-state index is 12.7. The zero-order chi connectivity index (χ0) is 21.2. The summed E-state index contributed by atoms with van der Waals surface area (Å²) in [6.07, 6.45) is 1.71. The van der Waals surface area contributed by atoms with Crippen molar-refractivity contribution in [3.63, 3.8) is 0 Å². The highest BCUT2D eigenvalue weighted by Gasteiger charge is 2.13. The van der Waals surface area contributed by atoms with Gasteiger partial charge in [0, 0.05) is 21.0 Å². The molecule has 5 aromatic rings. The Morgan fingerprint density at radius 1 is 0.871 bits per heavy atom. The van der Waals surface area contributed by atoms with E-state index in [4.69, 9.17) is 5.10 Å². The predicted octanol–water partition coefficient (Wildman–Crippen LogP) is 4.71. The monoisotopic (exact) mass is 518 g/mol. The summed E-state index contributed by atoms with van der Waals surface area (Å²) >= 11 is 2.16. The Morgan fingerprint density at radius 2 is 1.74 bits per heavy atom. The second kappa shape index (κ2) is 8.23. The molecule has 0 fully saturated rings. The van der Waals surface area contributed by atoms with E-state index in [1.807, 2.05) is 78.9 Å². The molecule has 5 rings (SSSR count). The van der Waals surface area contributed by atoms with Crippen LogP contribution < -0.4 is 5.32 Å². The molecule has 31 heavy (non-hydrogen) atoms. The van der Waals surface area contributed by atoms with E-state index >= 15 is 0 Å². The van der Waals surface area contributed by atoms with Gasteiger partial charge in [0.25, 0.3) is 5.91 Å². The highest BCUT2D eigenvalue weighted by atomic mass is 127. The first kappa shape index (κ1) is 19.3. The number of benzene rings is 2. The number of fused-ring (bicyclic) bond motifs is 1. The number of aromatic nitrogens is 5. The van der Waals surface area contributed by atoms with Crippen LogP contribution in [0, 0.1) is 3.57 Å². The number of nitrogens with one attached hydrogen (secondary N) is 1. The van der Waals surface area contributed by atoms with Gasteiger partial charge in [0.05, 0.1) is 11.3 Å². The van der Waals surface area contributed by atoms with Gasteiger partial charge in [0.15, 0.2) is 5.65 Å². The number of carbonyl (C=O) groups excluding carboxylic acids is 1. The summed E-state index contributed by atoms with van der Waals surface area (Å²) in [5, 5.41) is 16.1. The maximum Gasteiger partial charge on any atom is 0.256 e. The first-order valence-corrected chi connectivity index (χ1v) is 10.6. The van der Waals surface area contributed by atoms with Crippen LogP contribution in [0.25, 0.3) is 28.4 Å². The zero-order valence-corrected chi connectivity index (χ0v) is 18.3. The Hall–Kier alpha value is -3.66. The molecule has 0 bridgehead atoms. The van der Waals surface area contributed by atoms with Gasteiger partial charge in [-0.25, -0.2) is 0 Å². The molecule has 3 heterocycles. The third-order valence-electron chi connectivity index (χ3n) is 4.69. The van der Waals surface area contributed by atoms with Crippen molar-refractivity contribution in [3.8, 4) is 22.8 Å². The van der Waals surface area contributed by atoms with Crippen molar-refractivity contribution < 1.29 is 4.79 Å². The number of halogens is 1. The van der Waals surface area contributed by atoms with E-state index in [0.29, 0.717) is 28.4 Å². The number of pyridine rings is 1. The quantitative estimate of drug-likeness (QED) is 0.349. The van der Waals surface area contributed by atoms with E-state index in [2.05, 4.69) is 43.1 Å². The van der Waals surface area contributed by atoms with Gasteiger partial charge < -0.3 is 5.32 Å². The van der Waals surface area contributed by atoms with E-state index in [0.717, 1.165) is 14.8 Å². The summed E-state index contributed by atoms with van der Waals surface area (Å²) in [6, 6.07) is 24.4. The molecule has 0 saturated carbocycles. The number of carbonyl (C=O) groups is 1. The SMILES string of the molecule is O=C(Nc1cccc(-c2ccc3nnc(-c4ccccn4)n3n2)c1)c1ccccc1I. The summed E-state index contributed by atoms with van der Waals surface area (Å²) in [7, 11) is 0. The molecular formula is C23H15IN6O. The van der Waals surface area contributed by atoms with Gasteiger partial charge in [-0.05, 0) is 71.1 Å².